The molecule has 0 unspecified atom stereocenters. The van der Waals surface area contributed by atoms with E-state index in [0.29, 0.717) is 29.5 Å². The zero-order valence-electron chi connectivity index (χ0n) is 9.31. The van der Waals surface area contributed by atoms with Gasteiger partial charge in [0.15, 0.2) is 0 Å². The number of methoxy groups -OCH3 is 1. The fourth-order valence-corrected chi connectivity index (χ4v) is 1.60. The van der Waals surface area contributed by atoms with Crippen LogP contribution in [0.1, 0.15) is 10.5 Å². The first kappa shape index (κ1) is 11.9. The number of nitrogens with one attached hydrogen (secondary N) is 1. The van der Waals surface area contributed by atoms with Crippen molar-refractivity contribution in [1.29, 1.82) is 0 Å². The molecule has 0 fully saturated rings. The minimum Gasteiger partial charge on any atom is -0.383 e. The third-order valence-electron chi connectivity index (χ3n) is 2.24. The molecule has 0 aliphatic heterocycles. The average Bonchev–Trinajstić information content (AvgIpc) is 2.72. The molecule has 0 aromatic carbocycles. The maximum atomic E-state index is 11.7. The molecule has 0 radical (unpaired) electrons. The highest BCUT2D eigenvalue weighted by Gasteiger charge is 2.09. The fourth-order valence-electron chi connectivity index (χ4n) is 1.43. The normalized spacial score (nSPS) is 10.7. The van der Waals surface area contributed by atoms with Gasteiger partial charge in [0.1, 0.15) is 11.3 Å². The molecule has 1 N–H and O–H groups in total. The van der Waals surface area contributed by atoms with E-state index in [1.807, 2.05) is 0 Å². The maximum absolute atomic E-state index is 11.7. The number of amides is 1. The fraction of sp³-hybridized carbons (Fsp3) is 0.273. The second-order valence-corrected chi connectivity index (χ2v) is 3.92. The van der Waals surface area contributed by atoms with Crippen molar-refractivity contribution in [2.75, 3.05) is 20.3 Å². The van der Waals surface area contributed by atoms with Gasteiger partial charge in [-0.05, 0) is 12.1 Å². The summed E-state index contributed by atoms with van der Waals surface area (Å²) < 4.78 is 6.56. The smallest absolute Gasteiger partial charge is 0.271 e. The molecule has 2 aromatic heterocycles. The van der Waals surface area contributed by atoms with Crippen molar-refractivity contribution in [3.05, 3.63) is 35.2 Å². The van der Waals surface area contributed by atoms with Gasteiger partial charge in [0.25, 0.3) is 5.91 Å². The molecule has 5 nitrogen and oxygen atoms in total. The topological polar surface area (TPSA) is 55.6 Å². The van der Waals surface area contributed by atoms with E-state index in [1.165, 1.54) is 0 Å². The molecule has 17 heavy (non-hydrogen) atoms. The summed E-state index contributed by atoms with van der Waals surface area (Å²) in [7, 11) is 1.58. The Bertz CT molecular complexity index is 538. The number of carbonyl (C=O) groups is 1. The molecule has 2 aromatic rings. The lowest BCUT2D eigenvalue weighted by molar-refractivity contribution is 0.0932. The van der Waals surface area contributed by atoms with Gasteiger partial charge in [-0.3, -0.25) is 4.79 Å². The molecule has 2 heterocycles. The number of rotatable bonds is 4. The van der Waals surface area contributed by atoms with E-state index in [0.717, 1.165) is 0 Å². The van der Waals surface area contributed by atoms with E-state index in [1.54, 1.807) is 36.0 Å². The molecule has 0 bridgehead atoms. The quantitative estimate of drug-likeness (QED) is 0.838. The summed E-state index contributed by atoms with van der Waals surface area (Å²) in [5.74, 6) is -0.220. The lowest BCUT2D eigenvalue weighted by Crippen LogP contribution is -2.27. The van der Waals surface area contributed by atoms with Crippen molar-refractivity contribution in [1.82, 2.24) is 14.7 Å². The van der Waals surface area contributed by atoms with Crippen molar-refractivity contribution in [3.8, 4) is 0 Å². The minimum absolute atomic E-state index is 0.220. The Hall–Kier alpha value is -1.59. The number of fused-ring (bicyclic) bond motifs is 1. The molecule has 0 saturated carbocycles. The summed E-state index contributed by atoms with van der Waals surface area (Å²) in [6.45, 7) is 0.939. The first-order valence-electron chi connectivity index (χ1n) is 5.12. The van der Waals surface area contributed by atoms with Gasteiger partial charge in [-0.2, -0.15) is 0 Å². The molecule has 0 saturated heterocycles. The highest BCUT2D eigenvalue weighted by molar-refractivity contribution is 6.30. The van der Waals surface area contributed by atoms with Crippen LogP contribution in [0.15, 0.2) is 24.5 Å². The Kier molecular flexibility index (Phi) is 3.61. The molecule has 2 rings (SSSR count). The molecule has 90 valence electrons. The number of hydrogen-bond donors (Lipinski definition) is 1. The second-order valence-electron chi connectivity index (χ2n) is 3.49. The zero-order valence-corrected chi connectivity index (χ0v) is 10.1. The van der Waals surface area contributed by atoms with Crippen LogP contribution in [0.25, 0.3) is 5.65 Å². The summed E-state index contributed by atoms with van der Waals surface area (Å²) >= 11 is 5.84. The maximum Gasteiger partial charge on any atom is 0.271 e. The molecule has 0 atom stereocenters. The van der Waals surface area contributed by atoms with E-state index >= 15 is 0 Å². The van der Waals surface area contributed by atoms with Crippen LogP contribution in [0.5, 0.6) is 0 Å². The SMILES string of the molecule is COCCNC(=O)c1cn2cc(Cl)ccc2n1. The Morgan fingerprint density at radius 3 is 3.12 bits per heavy atom. The standard InChI is InChI=1S/C11H12ClN3O2/c1-17-5-4-13-11(16)9-7-15-6-8(12)2-3-10(15)14-9/h2-3,6-7H,4-5H2,1H3,(H,13,16). The minimum atomic E-state index is -0.220. The summed E-state index contributed by atoms with van der Waals surface area (Å²) in [5, 5.41) is 3.30. The number of imidazole rings is 1. The third kappa shape index (κ3) is 2.75. The summed E-state index contributed by atoms with van der Waals surface area (Å²) in [4.78, 5) is 15.9. The van der Waals surface area contributed by atoms with Crippen molar-refractivity contribution in [3.63, 3.8) is 0 Å². The van der Waals surface area contributed by atoms with Crippen LogP contribution >= 0.6 is 11.6 Å². The highest BCUT2D eigenvalue weighted by Crippen LogP contribution is 2.11. The zero-order chi connectivity index (χ0) is 12.3. The van der Waals surface area contributed by atoms with E-state index in [4.69, 9.17) is 16.3 Å². The van der Waals surface area contributed by atoms with Crippen LogP contribution in [-0.4, -0.2) is 35.6 Å². The summed E-state index contributed by atoms with van der Waals surface area (Å²) in [5.41, 5.74) is 1.05. The lowest BCUT2D eigenvalue weighted by Gasteiger charge is -2.00. The number of ether oxygens (including phenoxy) is 1. The van der Waals surface area contributed by atoms with Crippen LogP contribution in [0.2, 0.25) is 5.02 Å². The summed E-state index contributed by atoms with van der Waals surface area (Å²) in [6.07, 6.45) is 3.35. The monoisotopic (exact) mass is 253 g/mol. The van der Waals surface area contributed by atoms with E-state index in [9.17, 15) is 4.79 Å². The Labute approximate surface area is 103 Å². The number of hydrogen-bond acceptors (Lipinski definition) is 3. The van der Waals surface area contributed by atoms with Gasteiger partial charge < -0.3 is 14.5 Å². The van der Waals surface area contributed by atoms with Crippen LogP contribution in [0, 0.1) is 0 Å². The number of carbonyl (C=O) groups excluding carboxylic acids is 1. The van der Waals surface area contributed by atoms with Gasteiger partial charge in [0.2, 0.25) is 0 Å². The molecular formula is C11H12ClN3O2. The van der Waals surface area contributed by atoms with Gasteiger partial charge in [-0.25, -0.2) is 4.98 Å². The third-order valence-corrected chi connectivity index (χ3v) is 2.46. The van der Waals surface area contributed by atoms with E-state index in [2.05, 4.69) is 10.3 Å². The number of aromatic nitrogens is 2. The largest absolute Gasteiger partial charge is 0.383 e. The van der Waals surface area contributed by atoms with Crippen LogP contribution in [-0.2, 0) is 4.74 Å². The number of halogens is 1. The average molecular weight is 254 g/mol. The summed E-state index contributed by atoms with van der Waals surface area (Å²) in [6, 6.07) is 3.49. The Morgan fingerprint density at radius 1 is 1.53 bits per heavy atom. The molecular weight excluding hydrogens is 242 g/mol. The second kappa shape index (κ2) is 5.16. The van der Waals surface area contributed by atoms with Gasteiger partial charge >= 0.3 is 0 Å². The van der Waals surface area contributed by atoms with E-state index < -0.39 is 0 Å². The molecule has 0 aliphatic rings. The highest BCUT2D eigenvalue weighted by atomic mass is 35.5. The van der Waals surface area contributed by atoms with Crippen molar-refractivity contribution >= 4 is 23.2 Å². The van der Waals surface area contributed by atoms with Gasteiger partial charge in [0.05, 0.1) is 11.6 Å². The van der Waals surface area contributed by atoms with Crippen LogP contribution in [0.4, 0.5) is 0 Å². The predicted molar refractivity (Wildman–Crippen MR) is 64.4 cm³/mol. The van der Waals surface area contributed by atoms with Crippen molar-refractivity contribution in [2.45, 2.75) is 0 Å². The van der Waals surface area contributed by atoms with Crippen molar-refractivity contribution < 1.29 is 9.53 Å². The van der Waals surface area contributed by atoms with Crippen molar-refractivity contribution in [2.24, 2.45) is 0 Å². The van der Waals surface area contributed by atoms with Gasteiger partial charge in [-0.15, -0.1) is 0 Å². The van der Waals surface area contributed by atoms with Crippen LogP contribution in [0.3, 0.4) is 0 Å². The van der Waals surface area contributed by atoms with Crippen LogP contribution < -0.4 is 5.32 Å². The molecule has 6 heteroatoms. The molecule has 1 amide bonds. The Balaban J connectivity index is 2.15. The van der Waals surface area contributed by atoms with Gasteiger partial charge in [0, 0.05) is 26.0 Å². The molecule has 0 spiro atoms. The first-order valence-corrected chi connectivity index (χ1v) is 5.50. The van der Waals surface area contributed by atoms with Gasteiger partial charge in [-0.1, -0.05) is 11.6 Å². The Morgan fingerprint density at radius 2 is 2.35 bits per heavy atom. The molecule has 0 aliphatic carbocycles. The number of nitrogens with zero attached hydrogens (tertiary/aromatic N) is 2. The lowest BCUT2D eigenvalue weighted by atomic mass is 10.4. The predicted octanol–water partition coefficient (Wildman–Crippen LogP) is 1.36. The number of pyridine rings is 1. The first-order chi connectivity index (χ1) is 8.20. The van der Waals surface area contributed by atoms with E-state index in [-0.39, 0.29) is 5.91 Å².